The van der Waals surface area contributed by atoms with E-state index < -0.39 is 11.7 Å². The first-order valence-corrected chi connectivity index (χ1v) is 4.60. The largest absolute Gasteiger partial charge is 0.497 e. The minimum Gasteiger partial charge on any atom is -0.497 e. The van der Waals surface area contributed by atoms with Crippen molar-refractivity contribution in [2.24, 2.45) is 0 Å². The molecule has 16 heavy (non-hydrogen) atoms. The van der Waals surface area contributed by atoms with Gasteiger partial charge in [0.15, 0.2) is 0 Å². The maximum absolute atomic E-state index is 11.6. The highest BCUT2D eigenvalue weighted by Gasteiger charge is 2.35. The Kier molecular flexibility index (Phi) is 2.33. The Bertz CT molecular complexity index is 516. The molecule has 1 aliphatic heterocycles. The second-order valence-electron chi connectivity index (χ2n) is 3.26. The van der Waals surface area contributed by atoms with Crippen LogP contribution in [0.5, 0.6) is 5.75 Å². The second-order valence-corrected chi connectivity index (χ2v) is 3.26. The molecule has 0 unspecified atom stereocenters. The number of carbonyl (C=O) groups excluding carboxylic acids is 2. The quantitative estimate of drug-likeness (QED) is 0.540. The Morgan fingerprint density at radius 1 is 1.44 bits per heavy atom. The molecule has 0 aliphatic carbocycles. The zero-order chi connectivity index (χ0) is 11.7. The van der Waals surface area contributed by atoms with Crippen LogP contribution in [0.25, 0.3) is 0 Å². The maximum Gasteiger partial charge on any atom is 0.300 e. The molecule has 1 aliphatic rings. The van der Waals surface area contributed by atoms with E-state index in [2.05, 4.69) is 0 Å². The highest BCUT2D eigenvalue weighted by Crippen LogP contribution is 2.31. The summed E-state index contributed by atoms with van der Waals surface area (Å²) in [6.07, 6.45) is 0. The molecule has 0 saturated heterocycles. The highest BCUT2D eigenvalue weighted by atomic mass is 16.5. The van der Waals surface area contributed by atoms with Crippen LogP contribution in [0.15, 0.2) is 18.2 Å². The van der Waals surface area contributed by atoms with Crippen molar-refractivity contribution < 1.29 is 14.3 Å². The van der Waals surface area contributed by atoms with E-state index in [1.165, 1.54) is 13.2 Å². The SMILES string of the molecule is COc1ccc2c(c1)C(=O)C(=O)N2CC#N. The number of rotatable bonds is 2. The van der Waals surface area contributed by atoms with Crippen LogP contribution in [0.2, 0.25) is 0 Å². The van der Waals surface area contributed by atoms with Crippen LogP contribution in [-0.4, -0.2) is 25.3 Å². The third-order valence-electron chi connectivity index (χ3n) is 2.41. The normalized spacial score (nSPS) is 13.6. The van der Waals surface area contributed by atoms with Gasteiger partial charge in [-0.15, -0.1) is 0 Å². The molecule has 0 N–H and O–H groups in total. The van der Waals surface area contributed by atoms with Gasteiger partial charge in [-0.3, -0.25) is 14.5 Å². The number of fused-ring (bicyclic) bond motifs is 1. The number of hydrogen-bond acceptors (Lipinski definition) is 4. The summed E-state index contributed by atoms with van der Waals surface area (Å²) in [5.41, 5.74) is 0.761. The lowest BCUT2D eigenvalue weighted by molar-refractivity contribution is -0.114. The molecule has 1 amide bonds. The van der Waals surface area contributed by atoms with Gasteiger partial charge < -0.3 is 4.74 Å². The first-order valence-electron chi connectivity index (χ1n) is 4.60. The number of amides is 1. The minimum atomic E-state index is -0.662. The van der Waals surface area contributed by atoms with Crippen molar-refractivity contribution in [3.8, 4) is 11.8 Å². The highest BCUT2D eigenvalue weighted by molar-refractivity contribution is 6.52. The van der Waals surface area contributed by atoms with Gasteiger partial charge in [0.2, 0.25) is 0 Å². The Labute approximate surface area is 91.8 Å². The van der Waals surface area contributed by atoms with Crippen LogP contribution >= 0.6 is 0 Å². The number of anilines is 1. The van der Waals surface area contributed by atoms with Gasteiger partial charge in [-0.25, -0.2) is 0 Å². The number of Topliss-reactive ketones (excluding diaryl/α,β-unsaturated/α-hetero) is 1. The van der Waals surface area contributed by atoms with Gasteiger partial charge >= 0.3 is 0 Å². The monoisotopic (exact) mass is 216 g/mol. The van der Waals surface area contributed by atoms with Gasteiger partial charge in [0, 0.05) is 0 Å². The summed E-state index contributed by atoms with van der Waals surface area (Å²) in [6.45, 7) is -0.121. The van der Waals surface area contributed by atoms with Crippen LogP contribution in [0.3, 0.4) is 0 Å². The molecule has 0 atom stereocenters. The van der Waals surface area contributed by atoms with Crippen molar-refractivity contribution in [1.82, 2.24) is 0 Å². The van der Waals surface area contributed by atoms with Gasteiger partial charge in [-0.1, -0.05) is 0 Å². The van der Waals surface area contributed by atoms with Gasteiger partial charge in [0.1, 0.15) is 12.3 Å². The van der Waals surface area contributed by atoms with Crippen molar-refractivity contribution in [3.63, 3.8) is 0 Å². The molecule has 5 nitrogen and oxygen atoms in total. The maximum atomic E-state index is 11.6. The van der Waals surface area contributed by atoms with Crippen LogP contribution in [0.4, 0.5) is 5.69 Å². The summed E-state index contributed by atoms with van der Waals surface area (Å²) in [4.78, 5) is 24.3. The lowest BCUT2D eigenvalue weighted by Crippen LogP contribution is -2.29. The summed E-state index contributed by atoms with van der Waals surface area (Å²) >= 11 is 0. The van der Waals surface area contributed by atoms with Gasteiger partial charge in [-0.05, 0) is 18.2 Å². The second kappa shape index (κ2) is 3.66. The molecule has 1 heterocycles. The summed E-state index contributed by atoms with van der Waals surface area (Å²) in [5, 5.41) is 8.58. The lowest BCUT2D eigenvalue weighted by Gasteiger charge is -2.11. The van der Waals surface area contributed by atoms with Crippen molar-refractivity contribution in [3.05, 3.63) is 23.8 Å². The van der Waals surface area contributed by atoms with E-state index in [1.807, 2.05) is 6.07 Å². The van der Waals surface area contributed by atoms with Gasteiger partial charge in [0.05, 0.1) is 24.4 Å². The van der Waals surface area contributed by atoms with Crippen molar-refractivity contribution in [2.75, 3.05) is 18.6 Å². The fourth-order valence-electron chi connectivity index (χ4n) is 1.63. The molecule has 5 heteroatoms. The van der Waals surface area contributed by atoms with E-state index in [4.69, 9.17) is 10.00 Å². The van der Waals surface area contributed by atoms with Gasteiger partial charge in [0.25, 0.3) is 11.7 Å². The molecule has 2 rings (SSSR count). The van der Waals surface area contributed by atoms with Crippen LogP contribution in [0.1, 0.15) is 10.4 Å². The van der Waals surface area contributed by atoms with E-state index >= 15 is 0 Å². The van der Waals surface area contributed by atoms with Crippen LogP contribution in [0, 0.1) is 11.3 Å². The predicted molar refractivity (Wildman–Crippen MR) is 55.3 cm³/mol. The Morgan fingerprint density at radius 3 is 2.81 bits per heavy atom. The number of nitriles is 1. The number of ether oxygens (including phenoxy) is 1. The first-order chi connectivity index (χ1) is 7.69. The number of methoxy groups -OCH3 is 1. The Morgan fingerprint density at radius 2 is 2.19 bits per heavy atom. The van der Waals surface area contributed by atoms with E-state index in [0.717, 1.165) is 4.90 Å². The topological polar surface area (TPSA) is 70.4 Å². The zero-order valence-electron chi connectivity index (χ0n) is 8.56. The van der Waals surface area contributed by atoms with E-state index in [1.54, 1.807) is 12.1 Å². The molecule has 1 aromatic rings. The number of carbonyl (C=O) groups is 2. The van der Waals surface area contributed by atoms with Crippen LogP contribution < -0.4 is 9.64 Å². The Balaban J connectivity index is 2.52. The zero-order valence-corrected chi connectivity index (χ0v) is 8.56. The van der Waals surface area contributed by atoms with Crippen molar-refractivity contribution >= 4 is 17.4 Å². The van der Waals surface area contributed by atoms with E-state index in [0.29, 0.717) is 17.0 Å². The van der Waals surface area contributed by atoms with Crippen molar-refractivity contribution in [2.45, 2.75) is 0 Å². The summed E-state index contributed by atoms with van der Waals surface area (Å²) in [7, 11) is 1.48. The smallest absolute Gasteiger partial charge is 0.300 e. The van der Waals surface area contributed by atoms with E-state index in [9.17, 15) is 9.59 Å². The molecule has 0 spiro atoms. The molecule has 0 saturated carbocycles. The standard InChI is InChI=1S/C11H8N2O3/c1-16-7-2-3-9-8(6-7)10(14)11(15)13(9)5-4-12/h2-3,6H,5H2,1H3. The third kappa shape index (κ3) is 1.32. The molecule has 0 aromatic heterocycles. The summed E-state index contributed by atoms with van der Waals surface area (Å²) < 4.78 is 4.97. The number of ketones is 1. The average molecular weight is 216 g/mol. The summed E-state index contributed by atoms with van der Waals surface area (Å²) in [5.74, 6) is -0.743. The first kappa shape index (κ1) is 10.2. The van der Waals surface area contributed by atoms with E-state index in [-0.39, 0.29) is 6.54 Å². The molecular weight excluding hydrogens is 208 g/mol. The fourth-order valence-corrected chi connectivity index (χ4v) is 1.63. The summed E-state index contributed by atoms with van der Waals surface area (Å²) in [6, 6.07) is 6.61. The lowest BCUT2D eigenvalue weighted by atomic mass is 10.1. The molecule has 0 bridgehead atoms. The molecule has 0 fully saturated rings. The van der Waals surface area contributed by atoms with Crippen molar-refractivity contribution in [1.29, 1.82) is 5.26 Å². The van der Waals surface area contributed by atoms with Gasteiger partial charge in [-0.2, -0.15) is 5.26 Å². The Hall–Kier alpha value is -2.35. The molecule has 80 valence electrons. The third-order valence-corrected chi connectivity index (χ3v) is 2.41. The number of benzene rings is 1. The number of nitrogens with zero attached hydrogens (tertiary/aromatic N) is 2. The minimum absolute atomic E-state index is 0.121. The predicted octanol–water partition coefficient (Wildman–Crippen LogP) is 0.748. The molecule has 1 aromatic carbocycles. The molecule has 0 radical (unpaired) electrons. The number of hydrogen-bond donors (Lipinski definition) is 0. The fraction of sp³-hybridized carbons (Fsp3) is 0.182. The molecular formula is C11H8N2O3. The van der Waals surface area contributed by atoms with Crippen LogP contribution in [-0.2, 0) is 4.79 Å². The average Bonchev–Trinajstić information content (AvgIpc) is 2.54.